The number of benzene rings is 2. The van der Waals surface area contributed by atoms with Crippen molar-refractivity contribution >= 4 is 11.9 Å². The van der Waals surface area contributed by atoms with Crippen molar-refractivity contribution in [3.05, 3.63) is 59.7 Å². The molecule has 0 saturated carbocycles. The number of aliphatic carboxylic acids is 2. The quantitative estimate of drug-likeness (QED) is 0.775. The molecule has 2 rings (SSSR count). The molecule has 120 valence electrons. The maximum Gasteiger partial charge on any atom is 0.341 e. The molecule has 0 fully saturated rings. The summed E-state index contributed by atoms with van der Waals surface area (Å²) in [5, 5.41) is 17.1. The van der Waals surface area contributed by atoms with Crippen molar-refractivity contribution < 1.29 is 29.3 Å². The molecule has 0 radical (unpaired) electrons. The average Bonchev–Trinajstić information content (AvgIpc) is 2.53. The largest absolute Gasteiger partial charge is 0.482 e. The molecular formula is C17H16O6. The Balaban J connectivity index is 1.91. The van der Waals surface area contributed by atoms with E-state index in [0.717, 1.165) is 11.1 Å². The molecule has 0 saturated heterocycles. The summed E-state index contributed by atoms with van der Waals surface area (Å²) in [7, 11) is 0. The summed E-state index contributed by atoms with van der Waals surface area (Å²) in [6, 6.07) is 14.4. The van der Waals surface area contributed by atoms with E-state index in [-0.39, 0.29) is 13.2 Å². The van der Waals surface area contributed by atoms with Crippen LogP contribution in [0.3, 0.4) is 0 Å². The third-order valence-electron chi connectivity index (χ3n) is 2.98. The molecule has 2 aromatic carbocycles. The van der Waals surface area contributed by atoms with E-state index < -0.39 is 11.9 Å². The third kappa shape index (κ3) is 5.70. The van der Waals surface area contributed by atoms with Gasteiger partial charge in [0.1, 0.15) is 11.5 Å². The predicted octanol–water partition coefficient (Wildman–Crippen LogP) is 2.20. The molecule has 6 heteroatoms. The lowest BCUT2D eigenvalue weighted by atomic mass is 10.0. The summed E-state index contributed by atoms with van der Waals surface area (Å²) in [4.78, 5) is 20.8. The molecule has 0 bridgehead atoms. The van der Waals surface area contributed by atoms with E-state index in [0.29, 0.717) is 17.9 Å². The number of rotatable bonds is 8. The minimum Gasteiger partial charge on any atom is -0.482 e. The summed E-state index contributed by atoms with van der Waals surface area (Å²) in [5.74, 6) is -1.01. The molecule has 0 aliphatic carbocycles. The number of carboxylic acid groups (broad SMARTS) is 2. The molecule has 0 aliphatic heterocycles. The molecule has 0 amide bonds. The first-order valence-electron chi connectivity index (χ1n) is 6.90. The highest BCUT2D eigenvalue weighted by atomic mass is 16.5. The Bertz CT molecular complexity index is 601. The second-order valence-electron chi connectivity index (χ2n) is 4.83. The highest BCUT2D eigenvalue weighted by molar-refractivity contribution is 5.68. The SMILES string of the molecule is O=C(O)COc1ccc(Cc2ccc(OCC(=O)O)cc2)cc1. The summed E-state index contributed by atoms with van der Waals surface area (Å²) in [5.41, 5.74) is 2.10. The number of ether oxygens (including phenoxy) is 2. The van der Waals surface area contributed by atoms with E-state index in [1.165, 1.54) is 0 Å². The monoisotopic (exact) mass is 316 g/mol. The molecule has 2 N–H and O–H groups in total. The fourth-order valence-electron chi connectivity index (χ4n) is 1.93. The molecule has 2 aromatic rings. The van der Waals surface area contributed by atoms with E-state index in [1.807, 2.05) is 24.3 Å². The second kappa shape index (κ2) is 7.84. The lowest BCUT2D eigenvalue weighted by Crippen LogP contribution is -2.09. The van der Waals surface area contributed by atoms with Crippen molar-refractivity contribution in [1.29, 1.82) is 0 Å². The maximum absolute atomic E-state index is 10.4. The van der Waals surface area contributed by atoms with Crippen LogP contribution in [0.4, 0.5) is 0 Å². The zero-order valence-electron chi connectivity index (χ0n) is 12.3. The van der Waals surface area contributed by atoms with Gasteiger partial charge in [0.2, 0.25) is 0 Å². The standard InChI is InChI=1S/C17H16O6/c18-16(19)10-22-14-5-1-12(2-6-14)9-13-3-7-15(8-4-13)23-11-17(20)21/h1-8H,9-11H2,(H,18,19)(H,20,21). The average molecular weight is 316 g/mol. The molecule has 0 spiro atoms. The van der Waals surface area contributed by atoms with Gasteiger partial charge in [-0.05, 0) is 41.8 Å². The summed E-state index contributed by atoms with van der Waals surface area (Å²) in [6.45, 7) is -0.728. The van der Waals surface area contributed by atoms with Crippen LogP contribution in [0.5, 0.6) is 11.5 Å². The van der Waals surface area contributed by atoms with E-state index in [4.69, 9.17) is 19.7 Å². The van der Waals surface area contributed by atoms with Crippen molar-refractivity contribution in [3.8, 4) is 11.5 Å². The minimum absolute atomic E-state index is 0.364. The van der Waals surface area contributed by atoms with Gasteiger partial charge < -0.3 is 19.7 Å². The van der Waals surface area contributed by atoms with Crippen LogP contribution in [0, 0.1) is 0 Å². The van der Waals surface area contributed by atoms with Crippen LogP contribution >= 0.6 is 0 Å². The van der Waals surface area contributed by atoms with Crippen molar-refractivity contribution in [2.75, 3.05) is 13.2 Å². The van der Waals surface area contributed by atoms with Crippen LogP contribution in [0.1, 0.15) is 11.1 Å². The highest BCUT2D eigenvalue weighted by Crippen LogP contribution is 2.17. The predicted molar refractivity (Wildman–Crippen MR) is 82.0 cm³/mol. The van der Waals surface area contributed by atoms with Gasteiger partial charge >= 0.3 is 11.9 Å². The van der Waals surface area contributed by atoms with Crippen LogP contribution in [0.2, 0.25) is 0 Å². The van der Waals surface area contributed by atoms with Crippen molar-refractivity contribution in [2.45, 2.75) is 6.42 Å². The van der Waals surface area contributed by atoms with Crippen LogP contribution in [0.25, 0.3) is 0 Å². The minimum atomic E-state index is -1.01. The highest BCUT2D eigenvalue weighted by Gasteiger charge is 2.02. The first-order valence-corrected chi connectivity index (χ1v) is 6.90. The molecule has 0 aromatic heterocycles. The smallest absolute Gasteiger partial charge is 0.341 e. The zero-order chi connectivity index (χ0) is 16.7. The number of hydrogen-bond acceptors (Lipinski definition) is 4. The van der Waals surface area contributed by atoms with E-state index >= 15 is 0 Å². The first-order chi connectivity index (χ1) is 11.0. The normalized spacial score (nSPS) is 10.1. The number of hydrogen-bond donors (Lipinski definition) is 2. The van der Waals surface area contributed by atoms with Gasteiger partial charge in [0, 0.05) is 0 Å². The molecular weight excluding hydrogens is 300 g/mol. The lowest BCUT2D eigenvalue weighted by Gasteiger charge is -2.07. The van der Waals surface area contributed by atoms with Gasteiger partial charge in [-0.2, -0.15) is 0 Å². The van der Waals surface area contributed by atoms with Crippen molar-refractivity contribution in [1.82, 2.24) is 0 Å². The summed E-state index contributed by atoms with van der Waals surface area (Å²) in [6.07, 6.45) is 0.693. The Morgan fingerprint density at radius 1 is 0.696 bits per heavy atom. The molecule has 0 atom stereocenters. The Morgan fingerprint density at radius 3 is 1.35 bits per heavy atom. The number of carbonyl (C=O) groups is 2. The van der Waals surface area contributed by atoms with Crippen LogP contribution in [0.15, 0.2) is 48.5 Å². The lowest BCUT2D eigenvalue weighted by molar-refractivity contribution is -0.140. The fourth-order valence-corrected chi connectivity index (χ4v) is 1.93. The molecule has 23 heavy (non-hydrogen) atoms. The summed E-state index contributed by atoms with van der Waals surface area (Å²) < 4.78 is 10.1. The molecule has 6 nitrogen and oxygen atoms in total. The van der Waals surface area contributed by atoms with Crippen LogP contribution < -0.4 is 9.47 Å². The van der Waals surface area contributed by atoms with Gasteiger partial charge in [0.25, 0.3) is 0 Å². The van der Waals surface area contributed by atoms with Gasteiger partial charge in [-0.25, -0.2) is 9.59 Å². The van der Waals surface area contributed by atoms with E-state index in [2.05, 4.69) is 0 Å². The van der Waals surface area contributed by atoms with Crippen molar-refractivity contribution in [2.24, 2.45) is 0 Å². The maximum atomic E-state index is 10.4. The second-order valence-corrected chi connectivity index (χ2v) is 4.83. The van der Waals surface area contributed by atoms with Gasteiger partial charge in [0.15, 0.2) is 13.2 Å². The molecule has 0 aliphatic rings. The van der Waals surface area contributed by atoms with E-state index in [9.17, 15) is 9.59 Å². The Kier molecular flexibility index (Phi) is 5.57. The Labute approximate surface area is 132 Å². The van der Waals surface area contributed by atoms with Gasteiger partial charge in [-0.1, -0.05) is 24.3 Å². The molecule has 0 heterocycles. The molecule has 0 unspecified atom stereocenters. The van der Waals surface area contributed by atoms with Gasteiger partial charge in [0.05, 0.1) is 0 Å². The zero-order valence-corrected chi connectivity index (χ0v) is 12.3. The fraction of sp³-hybridized carbons (Fsp3) is 0.176. The first kappa shape index (κ1) is 16.4. The summed E-state index contributed by atoms with van der Waals surface area (Å²) >= 11 is 0. The van der Waals surface area contributed by atoms with Gasteiger partial charge in [-0.15, -0.1) is 0 Å². The van der Waals surface area contributed by atoms with Crippen molar-refractivity contribution in [3.63, 3.8) is 0 Å². The van der Waals surface area contributed by atoms with E-state index in [1.54, 1.807) is 24.3 Å². The van der Waals surface area contributed by atoms with Crippen LogP contribution in [-0.2, 0) is 16.0 Å². The third-order valence-corrected chi connectivity index (χ3v) is 2.98. The van der Waals surface area contributed by atoms with Crippen LogP contribution in [-0.4, -0.2) is 35.4 Å². The number of carboxylic acids is 2. The Morgan fingerprint density at radius 2 is 1.04 bits per heavy atom. The topological polar surface area (TPSA) is 93.1 Å². The van der Waals surface area contributed by atoms with Gasteiger partial charge in [-0.3, -0.25) is 0 Å². The Hall–Kier alpha value is -3.02.